The van der Waals surface area contributed by atoms with Gasteiger partial charge < -0.3 is 20.6 Å². The van der Waals surface area contributed by atoms with Crippen molar-refractivity contribution in [3.63, 3.8) is 0 Å². The van der Waals surface area contributed by atoms with E-state index >= 15 is 0 Å². The van der Waals surface area contributed by atoms with Crippen LogP contribution in [0, 0.1) is 0 Å². The number of rotatable bonds is 4. The van der Waals surface area contributed by atoms with E-state index in [0.717, 1.165) is 32.6 Å². The molecule has 1 saturated heterocycles. The largest absolute Gasteiger partial charge is 0.490 e. The van der Waals surface area contributed by atoms with Crippen molar-refractivity contribution in [1.29, 1.82) is 0 Å². The Morgan fingerprint density at radius 3 is 2.49 bits per heavy atom. The molecular formula is C21H21F5N6O3. The minimum absolute atomic E-state index is 0.0883. The highest BCUT2D eigenvalue weighted by atomic mass is 19.4. The van der Waals surface area contributed by atoms with Gasteiger partial charge >= 0.3 is 12.1 Å². The summed E-state index contributed by atoms with van der Waals surface area (Å²) in [4.78, 5) is 28.1. The zero-order chi connectivity index (χ0) is 25.6. The molecule has 1 amide bonds. The first-order chi connectivity index (χ1) is 16.6. The van der Waals surface area contributed by atoms with Gasteiger partial charge in [0.05, 0.1) is 11.7 Å². The van der Waals surface area contributed by atoms with Crippen LogP contribution in [0.1, 0.15) is 28.9 Å². The van der Waals surface area contributed by atoms with E-state index in [1.54, 1.807) is 24.4 Å². The average Bonchev–Trinajstić information content (AvgIpc) is 3.04. The number of aromatic nitrogens is 3. The molecule has 1 aromatic carbocycles. The van der Waals surface area contributed by atoms with E-state index in [4.69, 9.17) is 9.90 Å². The summed E-state index contributed by atoms with van der Waals surface area (Å²) < 4.78 is 59.6. The van der Waals surface area contributed by atoms with Crippen molar-refractivity contribution in [1.82, 2.24) is 19.9 Å². The Balaban J connectivity index is 0.000000429. The van der Waals surface area contributed by atoms with Crippen molar-refractivity contribution in [2.75, 3.05) is 36.4 Å². The van der Waals surface area contributed by atoms with Crippen LogP contribution >= 0.6 is 0 Å². The molecule has 0 spiro atoms. The Morgan fingerprint density at radius 2 is 1.80 bits per heavy atom. The molecule has 0 radical (unpaired) electrons. The molecule has 14 heteroatoms. The number of amides is 1. The first kappa shape index (κ1) is 25.8. The molecule has 1 aliphatic heterocycles. The van der Waals surface area contributed by atoms with Gasteiger partial charge in [0.25, 0.3) is 12.3 Å². The lowest BCUT2D eigenvalue weighted by Gasteiger charge is -2.19. The number of hydrogen-bond acceptors (Lipinski definition) is 6. The van der Waals surface area contributed by atoms with Crippen LogP contribution in [0.5, 0.6) is 0 Å². The topological polar surface area (TPSA) is 112 Å². The van der Waals surface area contributed by atoms with Gasteiger partial charge in [-0.1, -0.05) is 18.2 Å². The number of aliphatic carboxylic acids is 1. The maximum Gasteiger partial charge on any atom is 0.490 e. The summed E-state index contributed by atoms with van der Waals surface area (Å²) in [6.07, 6.45) is -5.12. The Morgan fingerprint density at radius 1 is 1.09 bits per heavy atom. The number of fused-ring (bicyclic) bond motifs is 1. The monoisotopic (exact) mass is 500 g/mol. The molecule has 3 aromatic rings. The highest BCUT2D eigenvalue weighted by molar-refractivity contribution is 6.04. The van der Waals surface area contributed by atoms with Crippen molar-refractivity contribution in [2.24, 2.45) is 0 Å². The van der Waals surface area contributed by atoms with Crippen LogP contribution in [-0.2, 0) is 4.79 Å². The molecule has 0 unspecified atom stereocenters. The lowest BCUT2D eigenvalue weighted by atomic mass is 10.2. The first-order valence-electron chi connectivity index (χ1n) is 10.4. The molecule has 9 nitrogen and oxygen atoms in total. The van der Waals surface area contributed by atoms with Gasteiger partial charge in [0.1, 0.15) is 5.69 Å². The third-order valence-electron chi connectivity index (χ3n) is 4.93. The lowest BCUT2D eigenvalue weighted by Crippen LogP contribution is -2.30. The smallest absolute Gasteiger partial charge is 0.475 e. The van der Waals surface area contributed by atoms with Crippen molar-refractivity contribution in [3.05, 3.63) is 53.9 Å². The second kappa shape index (κ2) is 11.1. The summed E-state index contributed by atoms with van der Waals surface area (Å²) in [5.74, 6) is -2.72. The van der Waals surface area contributed by atoms with E-state index in [1.807, 2.05) is 0 Å². The van der Waals surface area contributed by atoms with E-state index < -0.39 is 24.5 Å². The van der Waals surface area contributed by atoms with Gasteiger partial charge in [-0.2, -0.15) is 13.2 Å². The molecule has 2 aromatic heterocycles. The highest BCUT2D eigenvalue weighted by Crippen LogP contribution is 2.27. The second-order valence-corrected chi connectivity index (χ2v) is 7.35. The minimum Gasteiger partial charge on any atom is -0.475 e. The van der Waals surface area contributed by atoms with E-state index in [1.165, 1.54) is 22.7 Å². The van der Waals surface area contributed by atoms with Crippen LogP contribution in [0.2, 0.25) is 0 Å². The minimum atomic E-state index is -5.08. The van der Waals surface area contributed by atoms with Gasteiger partial charge in [-0.05, 0) is 31.2 Å². The molecule has 35 heavy (non-hydrogen) atoms. The molecule has 1 aliphatic rings. The van der Waals surface area contributed by atoms with Crippen molar-refractivity contribution >= 4 is 29.0 Å². The summed E-state index contributed by atoms with van der Waals surface area (Å²) in [5.41, 5.74) is 0.786. The summed E-state index contributed by atoms with van der Waals surface area (Å²) in [6, 6.07) is 9.20. The normalized spacial score (nSPS) is 14.3. The molecule has 0 bridgehead atoms. The fourth-order valence-corrected chi connectivity index (χ4v) is 3.24. The standard InChI is InChI=1S/C19H20F2N6O.C2HF3O2/c20-17(21)14-4-1-2-5-15(14)24-18(28)16-7-6-13-12-23-19(25-27(13)16)26-10-3-8-22-9-11-26;3-2(4,5)1(6)7/h1-2,4-7,12,17,22H,3,8-11H2,(H,24,28);(H,6,7). The first-order valence-corrected chi connectivity index (χ1v) is 10.4. The maximum atomic E-state index is 13.2. The van der Waals surface area contributed by atoms with E-state index in [9.17, 15) is 26.7 Å². The number of benzene rings is 1. The zero-order valence-electron chi connectivity index (χ0n) is 18.1. The number of carboxylic acid groups (broad SMARTS) is 1. The van der Waals surface area contributed by atoms with Gasteiger partial charge in [0, 0.05) is 30.9 Å². The Hall–Kier alpha value is -3.81. The van der Waals surface area contributed by atoms with E-state index in [2.05, 4.69) is 25.6 Å². The number of carbonyl (C=O) groups is 2. The molecular weight excluding hydrogens is 479 g/mol. The number of halogens is 5. The molecule has 0 atom stereocenters. The number of carboxylic acids is 1. The van der Waals surface area contributed by atoms with Crippen LogP contribution in [0.25, 0.3) is 5.52 Å². The molecule has 3 heterocycles. The molecule has 4 rings (SSSR count). The van der Waals surface area contributed by atoms with E-state index in [-0.39, 0.29) is 16.9 Å². The Kier molecular flexibility index (Phi) is 8.17. The number of alkyl halides is 5. The quantitative estimate of drug-likeness (QED) is 0.471. The number of para-hydroxylation sites is 1. The van der Waals surface area contributed by atoms with Crippen LogP contribution in [0.4, 0.5) is 33.6 Å². The molecule has 1 fully saturated rings. The second-order valence-electron chi connectivity index (χ2n) is 7.35. The van der Waals surface area contributed by atoms with Gasteiger partial charge in [0.15, 0.2) is 0 Å². The van der Waals surface area contributed by atoms with Crippen molar-refractivity contribution in [3.8, 4) is 0 Å². The predicted molar refractivity (Wildman–Crippen MR) is 116 cm³/mol. The predicted octanol–water partition coefficient (Wildman–Crippen LogP) is 3.35. The number of anilines is 2. The van der Waals surface area contributed by atoms with Crippen molar-refractivity contribution in [2.45, 2.75) is 19.0 Å². The third-order valence-corrected chi connectivity index (χ3v) is 4.93. The van der Waals surface area contributed by atoms with Gasteiger partial charge in [0.2, 0.25) is 5.95 Å². The third kappa shape index (κ3) is 6.62. The molecule has 0 saturated carbocycles. The fourth-order valence-electron chi connectivity index (χ4n) is 3.24. The SMILES string of the molecule is O=C(Nc1ccccc1C(F)F)c1ccc2cnc(N3CCCNCC3)nn12.O=C(O)C(F)(F)F. The van der Waals surface area contributed by atoms with E-state index in [0.29, 0.717) is 11.5 Å². The van der Waals surface area contributed by atoms with Gasteiger partial charge in [-0.3, -0.25) is 4.79 Å². The maximum absolute atomic E-state index is 13.2. The molecule has 188 valence electrons. The average molecular weight is 500 g/mol. The number of carbonyl (C=O) groups excluding carboxylic acids is 1. The van der Waals surface area contributed by atoms with Gasteiger partial charge in [-0.15, -0.1) is 5.10 Å². The zero-order valence-corrected chi connectivity index (χ0v) is 18.1. The van der Waals surface area contributed by atoms with Crippen LogP contribution < -0.4 is 15.5 Å². The lowest BCUT2D eigenvalue weighted by molar-refractivity contribution is -0.192. The molecule has 0 aliphatic carbocycles. The Bertz CT molecular complexity index is 1180. The summed E-state index contributed by atoms with van der Waals surface area (Å²) in [7, 11) is 0. The summed E-state index contributed by atoms with van der Waals surface area (Å²) >= 11 is 0. The van der Waals surface area contributed by atoms with Gasteiger partial charge in [-0.25, -0.2) is 23.1 Å². The van der Waals surface area contributed by atoms with Crippen LogP contribution in [0.3, 0.4) is 0 Å². The molecule has 3 N–H and O–H groups in total. The highest BCUT2D eigenvalue weighted by Gasteiger charge is 2.38. The summed E-state index contributed by atoms with van der Waals surface area (Å²) in [6.45, 7) is 3.38. The number of nitrogens with one attached hydrogen (secondary N) is 2. The number of nitrogens with zero attached hydrogens (tertiary/aromatic N) is 4. The fraction of sp³-hybridized carbons (Fsp3) is 0.333. The van der Waals surface area contributed by atoms with Crippen LogP contribution in [-0.4, -0.2) is 63.9 Å². The van der Waals surface area contributed by atoms with Crippen molar-refractivity contribution < 1.29 is 36.6 Å². The summed E-state index contributed by atoms with van der Waals surface area (Å²) in [5, 5.41) is 17.5. The Labute approximate surface area is 195 Å². The van der Waals surface area contributed by atoms with Crippen LogP contribution in [0.15, 0.2) is 42.6 Å². The number of hydrogen-bond donors (Lipinski definition) is 3.